The molecule has 0 radical (unpaired) electrons. The van der Waals surface area contributed by atoms with Crippen molar-refractivity contribution in [3.05, 3.63) is 30.1 Å². The van der Waals surface area contributed by atoms with E-state index in [2.05, 4.69) is 4.98 Å². The van der Waals surface area contributed by atoms with Crippen molar-refractivity contribution in [3.8, 4) is 0 Å². The molecule has 1 aromatic heterocycles. The Morgan fingerprint density at radius 3 is 2.44 bits per heavy atom. The molecule has 0 bridgehead atoms. The predicted octanol–water partition coefficient (Wildman–Crippen LogP) is 1.34. The molecule has 0 unspecified atom stereocenters. The standard InChI is InChI=1S/C14H21N3O/c15-8-3-11-1-6-14(7-2-11,13(16)18)12-4-9-17-10-5-12/h4-5,9-11H,1-3,6-8,15H2,(H2,16,18). The molecule has 4 N–H and O–H groups in total. The highest BCUT2D eigenvalue weighted by Gasteiger charge is 2.41. The van der Waals surface area contributed by atoms with Crippen LogP contribution in [-0.2, 0) is 10.2 Å². The first-order valence-corrected chi connectivity index (χ1v) is 6.59. The highest BCUT2D eigenvalue weighted by Crippen LogP contribution is 2.42. The van der Waals surface area contributed by atoms with E-state index in [0.717, 1.165) is 44.2 Å². The number of amides is 1. The van der Waals surface area contributed by atoms with Crippen LogP contribution in [0.5, 0.6) is 0 Å². The van der Waals surface area contributed by atoms with E-state index in [-0.39, 0.29) is 5.91 Å². The average Bonchev–Trinajstić information content (AvgIpc) is 2.41. The van der Waals surface area contributed by atoms with Crippen LogP contribution in [0.3, 0.4) is 0 Å². The Morgan fingerprint density at radius 1 is 1.33 bits per heavy atom. The number of rotatable bonds is 4. The zero-order valence-electron chi connectivity index (χ0n) is 10.6. The number of nitrogens with two attached hydrogens (primary N) is 2. The van der Waals surface area contributed by atoms with Crippen LogP contribution in [-0.4, -0.2) is 17.4 Å². The number of pyridine rings is 1. The number of hydrogen-bond donors (Lipinski definition) is 2. The zero-order valence-corrected chi connectivity index (χ0v) is 10.6. The van der Waals surface area contributed by atoms with Gasteiger partial charge < -0.3 is 11.5 Å². The van der Waals surface area contributed by atoms with Gasteiger partial charge in [0.1, 0.15) is 0 Å². The third-order valence-corrected chi connectivity index (χ3v) is 4.24. The maximum absolute atomic E-state index is 11.9. The summed E-state index contributed by atoms with van der Waals surface area (Å²) in [5, 5.41) is 0. The van der Waals surface area contributed by atoms with Crippen LogP contribution < -0.4 is 11.5 Å². The van der Waals surface area contributed by atoms with Crippen LogP contribution in [0.25, 0.3) is 0 Å². The summed E-state index contributed by atoms with van der Waals surface area (Å²) in [6.45, 7) is 0.726. The number of primary amides is 1. The van der Waals surface area contributed by atoms with Crippen LogP contribution in [0.4, 0.5) is 0 Å². The largest absolute Gasteiger partial charge is 0.369 e. The van der Waals surface area contributed by atoms with E-state index in [0.29, 0.717) is 5.92 Å². The summed E-state index contributed by atoms with van der Waals surface area (Å²) in [4.78, 5) is 15.9. The van der Waals surface area contributed by atoms with Crippen molar-refractivity contribution >= 4 is 5.91 Å². The topological polar surface area (TPSA) is 82.0 Å². The Kier molecular flexibility index (Phi) is 3.97. The van der Waals surface area contributed by atoms with Gasteiger partial charge in [-0.1, -0.05) is 0 Å². The van der Waals surface area contributed by atoms with Crippen LogP contribution >= 0.6 is 0 Å². The normalized spacial score (nSPS) is 27.9. The van der Waals surface area contributed by atoms with Gasteiger partial charge in [-0.05, 0) is 62.3 Å². The molecule has 98 valence electrons. The van der Waals surface area contributed by atoms with Crippen molar-refractivity contribution < 1.29 is 4.79 Å². The van der Waals surface area contributed by atoms with Crippen LogP contribution in [0.2, 0.25) is 0 Å². The number of hydrogen-bond acceptors (Lipinski definition) is 3. The molecule has 18 heavy (non-hydrogen) atoms. The van der Waals surface area contributed by atoms with Gasteiger partial charge in [-0.15, -0.1) is 0 Å². The second kappa shape index (κ2) is 5.48. The smallest absolute Gasteiger partial charge is 0.228 e. The van der Waals surface area contributed by atoms with Crippen LogP contribution in [0.1, 0.15) is 37.7 Å². The molecule has 1 aliphatic rings. The van der Waals surface area contributed by atoms with Gasteiger partial charge in [0.2, 0.25) is 5.91 Å². The minimum Gasteiger partial charge on any atom is -0.369 e. The molecule has 4 nitrogen and oxygen atoms in total. The molecular formula is C14H21N3O. The molecule has 4 heteroatoms. The van der Waals surface area contributed by atoms with E-state index in [1.165, 1.54) is 0 Å². The Balaban J connectivity index is 2.19. The lowest BCUT2D eigenvalue weighted by molar-refractivity contribution is -0.125. The van der Waals surface area contributed by atoms with Crippen molar-refractivity contribution in [3.63, 3.8) is 0 Å². The van der Waals surface area contributed by atoms with Crippen LogP contribution in [0, 0.1) is 5.92 Å². The summed E-state index contributed by atoms with van der Waals surface area (Å²) in [5.41, 5.74) is 11.8. The van der Waals surface area contributed by atoms with Crippen molar-refractivity contribution in [1.82, 2.24) is 4.98 Å². The highest BCUT2D eigenvalue weighted by molar-refractivity contribution is 5.86. The molecule has 0 aromatic carbocycles. The van der Waals surface area contributed by atoms with E-state index >= 15 is 0 Å². The number of carbonyl (C=O) groups excluding carboxylic acids is 1. The Labute approximate surface area is 108 Å². The summed E-state index contributed by atoms with van der Waals surface area (Å²) >= 11 is 0. The molecule has 1 aromatic rings. The summed E-state index contributed by atoms with van der Waals surface area (Å²) in [6, 6.07) is 3.82. The maximum Gasteiger partial charge on any atom is 0.228 e. The minimum absolute atomic E-state index is 0.208. The van der Waals surface area contributed by atoms with E-state index in [1.54, 1.807) is 12.4 Å². The molecular weight excluding hydrogens is 226 g/mol. The quantitative estimate of drug-likeness (QED) is 0.842. The van der Waals surface area contributed by atoms with E-state index in [4.69, 9.17) is 11.5 Å². The van der Waals surface area contributed by atoms with E-state index < -0.39 is 5.41 Å². The van der Waals surface area contributed by atoms with Gasteiger partial charge in [0.15, 0.2) is 0 Å². The van der Waals surface area contributed by atoms with Crippen molar-refractivity contribution in [2.75, 3.05) is 6.54 Å². The molecule has 0 spiro atoms. The van der Waals surface area contributed by atoms with Gasteiger partial charge in [0.05, 0.1) is 5.41 Å². The van der Waals surface area contributed by atoms with Gasteiger partial charge in [0.25, 0.3) is 0 Å². The first-order valence-electron chi connectivity index (χ1n) is 6.59. The highest BCUT2D eigenvalue weighted by atomic mass is 16.1. The summed E-state index contributed by atoms with van der Waals surface area (Å²) in [5.74, 6) is 0.434. The molecule has 0 aliphatic heterocycles. The van der Waals surface area contributed by atoms with Gasteiger partial charge in [-0.3, -0.25) is 9.78 Å². The Hall–Kier alpha value is -1.42. The van der Waals surface area contributed by atoms with Gasteiger partial charge in [0, 0.05) is 12.4 Å². The lowest BCUT2D eigenvalue weighted by atomic mass is 9.66. The second-order valence-corrected chi connectivity index (χ2v) is 5.20. The molecule has 0 atom stereocenters. The SMILES string of the molecule is NCCC1CCC(C(N)=O)(c2ccncc2)CC1. The van der Waals surface area contributed by atoms with E-state index in [9.17, 15) is 4.79 Å². The predicted molar refractivity (Wildman–Crippen MR) is 70.7 cm³/mol. The summed E-state index contributed by atoms with van der Waals surface area (Å²) in [6.07, 6.45) is 8.22. The second-order valence-electron chi connectivity index (χ2n) is 5.20. The molecule has 1 aliphatic carbocycles. The summed E-state index contributed by atoms with van der Waals surface area (Å²) in [7, 11) is 0. The molecule has 0 saturated heterocycles. The van der Waals surface area contributed by atoms with Crippen LogP contribution in [0.15, 0.2) is 24.5 Å². The molecule has 1 amide bonds. The first-order chi connectivity index (χ1) is 8.69. The van der Waals surface area contributed by atoms with E-state index in [1.807, 2.05) is 12.1 Å². The third kappa shape index (κ3) is 2.38. The van der Waals surface area contributed by atoms with Crippen molar-refractivity contribution in [2.45, 2.75) is 37.5 Å². The first kappa shape index (κ1) is 13.0. The molecule has 2 rings (SSSR count). The fraction of sp³-hybridized carbons (Fsp3) is 0.571. The minimum atomic E-state index is -0.492. The van der Waals surface area contributed by atoms with Gasteiger partial charge >= 0.3 is 0 Å². The molecule has 1 heterocycles. The Morgan fingerprint density at radius 2 is 1.94 bits per heavy atom. The van der Waals surface area contributed by atoms with Crippen molar-refractivity contribution in [1.29, 1.82) is 0 Å². The monoisotopic (exact) mass is 247 g/mol. The van der Waals surface area contributed by atoms with Gasteiger partial charge in [-0.25, -0.2) is 0 Å². The van der Waals surface area contributed by atoms with Crippen molar-refractivity contribution in [2.24, 2.45) is 17.4 Å². The zero-order chi connectivity index (χ0) is 13.0. The average molecular weight is 247 g/mol. The lowest BCUT2D eigenvalue weighted by Gasteiger charge is -2.38. The molecule has 1 fully saturated rings. The fourth-order valence-corrected chi connectivity index (χ4v) is 3.04. The third-order valence-electron chi connectivity index (χ3n) is 4.24. The maximum atomic E-state index is 11.9. The number of aromatic nitrogens is 1. The molecule has 1 saturated carbocycles. The number of nitrogens with zero attached hydrogens (tertiary/aromatic N) is 1. The number of carbonyl (C=O) groups is 1. The fourth-order valence-electron chi connectivity index (χ4n) is 3.04. The van der Waals surface area contributed by atoms with Gasteiger partial charge in [-0.2, -0.15) is 0 Å². The Bertz CT molecular complexity index is 397. The lowest BCUT2D eigenvalue weighted by Crippen LogP contribution is -2.44. The summed E-state index contributed by atoms with van der Waals surface area (Å²) < 4.78 is 0.